The van der Waals surface area contributed by atoms with Crippen molar-refractivity contribution in [2.75, 3.05) is 4.90 Å². The van der Waals surface area contributed by atoms with Gasteiger partial charge < -0.3 is 4.90 Å². The molecule has 1 aromatic heterocycles. The average molecular weight is 265 g/mol. The zero-order chi connectivity index (χ0) is 14.1. The molecule has 2 aromatic rings. The second kappa shape index (κ2) is 5.13. The number of nitrogens with zero attached hydrogens (tertiary/aromatic N) is 3. The number of nitriles is 1. The Hall–Kier alpha value is -2.08. The number of fused-ring (bicyclic) bond motifs is 1. The van der Waals surface area contributed by atoms with Crippen molar-refractivity contribution in [1.29, 1.82) is 5.26 Å². The quantitative estimate of drug-likeness (QED) is 0.827. The largest absolute Gasteiger partial charge is 0.350 e. The molecule has 20 heavy (non-hydrogen) atoms. The average Bonchev–Trinajstić information content (AvgIpc) is 2.86. The maximum absolute atomic E-state index is 9.47. The highest BCUT2D eigenvalue weighted by molar-refractivity contribution is 5.83. The fourth-order valence-electron chi connectivity index (χ4n) is 3.24. The fraction of sp³-hybridized carbons (Fsp3) is 0.412. The Balaban J connectivity index is 2.17. The number of anilines is 1. The molecule has 2 atom stereocenters. The zero-order valence-electron chi connectivity index (χ0n) is 12.0. The van der Waals surface area contributed by atoms with Gasteiger partial charge in [-0.1, -0.05) is 25.1 Å². The summed E-state index contributed by atoms with van der Waals surface area (Å²) < 4.78 is 0. The maximum atomic E-state index is 9.47. The van der Waals surface area contributed by atoms with E-state index in [4.69, 9.17) is 4.98 Å². The third kappa shape index (κ3) is 2.02. The molecule has 3 nitrogen and oxygen atoms in total. The molecule has 0 saturated carbocycles. The highest BCUT2D eigenvalue weighted by Crippen LogP contribution is 2.34. The van der Waals surface area contributed by atoms with Gasteiger partial charge in [-0.2, -0.15) is 5.26 Å². The molecular formula is C17H19N3. The smallest absolute Gasteiger partial charge is 0.147 e. The monoisotopic (exact) mass is 265 g/mol. The molecular weight excluding hydrogens is 246 g/mol. The van der Waals surface area contributed by atoms with E-state index in [1.807, 2.05) is 30.3 Å². The molecule has 2 heterocycles. The summed E-state index contributed by atoms with van der Waals surface area (Å²) in [5.41, 5.74) is 1.66. The van der Waals surface area contributed by atoms with Gasteiger partial charge in [0, 0.05) is 17.5 Å². The van der Waals surface area contributed by atoms with Crippen molar-refractivity contribution in [3.05, 3.63) is 35.9 Å². The van der Waals surface area contributed by atoms with Crippen LogP contribution in [-0.4, -0.2) is 17.1 Å². The Morgan fingerprint density at radius 3 is 2.90 bits per heavy atom. The van der Waals surface area contributed by atoms with Crippen molar-refractivity contribution in [1.82, 2.24) is 4.98 Å². The Morgan fingerprint density at radius 2 is 2.15 bits per heavy atom. The Labute approximate surface area is 119 Å². The van der Waals surface area contributed by atoms with Crippen LogP contribution in [0.4, 0.5) is 5.82 Å². The van der Waals surface area contributed by atoms with E-state index < -0.39 is 0 Å². The molecule has 0 aliphatic carbocycles. The number of para-hydroxylation sites is 1. The Bertz CT molecular complexity index is 671. The number of rotatable bonds is 2. The lowest BCUT2D eigenvalue weighted by Gasteiger charge is -2.30. The molecule has 0 amide bonds. The maximum Gasteiger partial charge on any atom is 0.147 e. The highest BCUT2D eigenvalue weighted by Gasteiger charge is 2.32. The lowest BCUT2D eigenvalue weighted by molar-refractivity contribution is 0.621. The van der Waals surface area contributed by atoms with Gasteiger partial charge in [0.1, 0.15) is 11.9 Å². The molecule has 102 valence electrons. The van der Waals surface area contributed by atoms with Gasteiger partial charge in [0.15, 0.2) is 0 Å². The first kappa shape index (κ1) is 12.9. The summed E-state index contributed by atoms with van der Waals surface area (Å²) in [5, 5.41) is 10.5. The van der Waals surface area contributed by atoms with E-state index in [2.05, 4.69) is 24.8 Å². The minimum absolute atomic E-state index is 0.459. The number of hydrogen-bond donors (Lipinski definition) is 0. The molecule has 1 fully saturated rings. The van der Waals surface area contributed by atoms with Crippen LogP contribution < -0.4 is 4.90 Å². The summed E-state index contributed by atoms with van der Waals surface area (Å²) in [4.78, 5) is 7.13. The molecule has 3 rings (SSSR count). The minimum atomic E-state index is 0.459. The first-order chi connectivity index (χ1) is 9.74. The SMILES string of the molecule is CCC1CCC(C)N1c1nc2ccccc2cc1C#N. The Morgan fingerprint density at radius 1 is 1.35 bits per heavy atom. The van der Waals surface area contributed by atoms with Crippen LogP contribution in [0.2, 0.25) is 0 Å². The molecule has 0 spiro atoms. The van der Waals surface area contributed by atoms with Crippen LogP contribution in [0.3, 0.4) is 0 Å². The molecule has 0 radical (unpaired) electrons. The van der Waals surface area contributed by atoms with Gasteiger partial charge in [-0.05, 0) is 38.3 Å². The number of hydrogen-bond acceptors (Lipinski definition) is 3. The molecule has 3 heteroatoms. The van der Waals surface area contributed by atoms with Gasteiger partial charge in [-0.15, -0.1) is 0 Å². The number of aromatic nitrogens is 1. The molecule has 0 bridgehead atoms. The van der Waals surface area contributed by atoms with Gasteiger partial charge in [-0.25, -0.2) is 4.98 Å². The molecule has 1 aliphatic rings. The lowest BCUT2D eigenvalue weighted by Crippen LogP contribution is -2.35. The van der Waals surface area contributed by atoms with E-state index in [-0.39, 0.29) is 0 Å². The lowest BCUT2D eigenvalue weighted by atomic mass is 10.1. The van der Waals surface area contributed by atoms with Gasteiger partial charge in [0.05, 0.1) is 11.1 Å². The van der Waals surface area contributed by atoms with Crippen LogP contribution in [-0.2, 0) is 0 Å². The molecule has 0 N–H and O–H groups in total. The van der Waals surface area contributed by atoms with E-state index in [9.17, 15) is 5.26 Å². The summed E-state index contributed by atoms with van der Waals surface area (Å²) in [6.45, 7) is 4.44. The molecule has 1 aliphatic heterocycles. The summed E-state index contributed by atoms with van der Waals surface area (Å²) >= 11 is 0. The summed E-state index contributed by atoms with van der Waals surface area (Å²) in [7, 11) is 0. The van der Waals surface area contributed by atoms with Crippen molar-refractivity contribution >= 4 is 16.7 Å². The van der Waals surface area contributed by atoms with E-state index in [1.54, 1.807) is 0 Å². The summed E-state index contributed by atoms with van der Waals surface area (Å²) in [5.74, 6) is 0.864. The third-order valence-corrected chi connectivity index (χ3v) is 4.33. The van der Waals surface area contributed by atoms with Crippen LogP contribution >= 0.6 is 0 Å². The van der Waals surface area contributed by atoms with Gasteiger partial charge in [-0.3, -0.25) is 0 Å². The van der Waals surface area contributed by atoms with E-state index in [0.29, 0.717) is 17.6 Å². The second-order valence-electron chi connectivity index (χ2n) is 5.56. The van der Waals surface area contributed by atoms with Gasteiger partial charge in [0.2, 0.25) is 0 Å². The fourth-order valence-corrected chi connectivity index (χ4v) is 3.24. The van der Waals surface area contributed by atoms with E-state index in [0.717, 1.165) is 23.1 Å². The van der Waals surface area contributed by atoms with Crippen LogP contribution in [0, 0.1) is 11.3 Å². The zero-order valence-corrected chi connectivity index (χ0v) is 12.0. The van der Waals surface area contributed by atoms with E-state index >= 15 is 0 Å². The van der Waals surface area contributed by atoms with Crippen molar-refractivity contribution in [2.24, 2.45) is 0 Å². The van der Waals surface area contributed by atoms with Crippen LogP contribution in [0.1, 0.15) is 38.7 Å². The molecule has 1 saturated heterocycles. The first-order valence-electron chi connectivity index (χ1n) is 7.32. The van der Waals surface area contributed by atoms with Crippen LogP contribution in [0.15, 0.2) is 30.3 Å². The molecule has 2 unspecified atom stereocenters. The van der Waals surface area contributed by atoms with Gasteiger partial charge in [0.25, 0.3) is 0 Å². The predicted molar refractivity (Wildman–Crippen MR) is 81.7 cm³/mol. The Kier molecular flexibility index (Phi) is 3.31. The van der Waals surface area contributed by atoms with Crippen LogP contribution in [0.25, 0.3) is 10.9 Å². The van der Waals surface area contributed by atoms with Crippen molar-refractivity contribution in [3.8, 4) is 6.07 Å². The minimum Gasteiger partial charge on any atom is -0.350 e. The normalized spacial score (nSPS) is 22.1. The van der Waals surface area contributed by atoms with Crippen molar-refractivity contribution < 1.29 is 0 Å². The van der Waals surface area contributed by atoms with Crippen molar-refractivity contribution in [3.63, 3.8) is 0 Å². The number of benzene rings is 1. The molecule has 1 aromatic carbocycles. The van der Waals surface area contributed by atoms with Gasteiger partial charge >= 0.3 is 0 Å². The first-order valence-corrected chi connectivity index (χ1v) is 7.32. The number of pyridine rings is 1. The third-order valence-electron chi connectivity index (χ3n) is 4.33. The second-order valence-corrected chi connectivity index (χ2v) is 5.56. The standard InChI is InChI=1S/C17H19N3/c1-3-15-9-8-12(2)20(15)17-14(11-18)10-13-6-4-5-7-16(13)19-17/h4-7,10,12,15H,3,8-9H2,1-2H3. The summed E-state index contributed by atoms with van der Waals surface area (Å²) in [6.07, 6.45) is 3.47. The van der Waals surface area contributed by atoms with Crippen molar-refractivity contribution in [2.45, 2.75) is 45.2 Å². The summed E-state index contributed by atoms with van der Waals surface area (Å²) in [6, 6.07) is 13.3. The topological polar surface area (TPSA) is 39.9 Å². The van der Waals surface area contributed by atoms with E-state index in [1.165, 1.54) is 12.8 Å². The predicted octanol–water partition coefficient (Wildman–Crippen LogP) is 3.87. The highest BCUT2D eigenvalue weighted by atomic mass is 15.3. The van der Waals surface area contributed by atoms with Crippen LogP contribution in [0.5, 0.6) is 0 Å².